The number of morpholine rings is 1. The number of ether oxygens (including phenoxy) is 1. The number of carboxylic acid groups (broad SMARTS) is 1. The average molecular weight is 545 g/mol. The van der Waals surface area contributed by atoms with Gasteiger partial charge < -0.3 is 24.5 Å². The Labute approximate surface area is 227 Å². The van der Waals surface area contributed by atoms with Crippen LogP contribution >= 0.6 is 0 Å². The van der Waals surface area contributed by atoms with Crippen LogP contribution in [0.15, 0.2) is 24.3 Å². The van der Waals surface area contributed by atoms with Crippen molar-refractivity contribution in [3.8, 4) is 5.69 Å². The molecule has 4 rings (SSSR count). The lowest BCUT2D eigenvalue weighted by Gasteiger charge is -2.43. The van der Waals surface area contributed by atoms with Crippen LogP contribution in [0.1, 0.15) is 49.8 Å². The maximum Gasteiger partial charge on any atom is 0.407 e. The van der Waals surface area contributed by atoms with E-state index in [4.69, 9.17) is 4.74 Å². The van der Waals surface area contributed by atoms with Crippen LogP contribution < -0.4 is 0 Å². The lowest BCUT2D eigenvalue weighted by molar-refractivity contribution is -0.142. The summed E-state index contributed by atoms with van der Waals surface area (Å²) in [6.45, 7) is 8.21. The number of nitrogens with zero attached hydrogens (tertiary/aromatic N) is 6. The van der Waals surface area contributed by atoms with Gasteiger partial charge in [-0.25, -0.2) is 13.9 Å². The van der Waals surface area contributed by atoms with E-state index < -0.39 is 29.8 Å². The van der Waals surface area contributed by atoms with Crippen molar-refractivity contribution in [2.24, 2.45) is 11.8 Å². The fourth-order valence-corrected chi connectivity index (χ4v) is 5.35. The van der Waals surface area contributed by atoms with Gasteiger partial charge in [0.1, 0.15) is 11.5 Å². The number of hydrogen-bond acceptors (Lipinski definition) is 6. The maximum absolute atomic E-state index is 14.6. The minimum absolute atomic E-state index is 0.0683. The van der Waals surface area contributed by atoms with Crippen molar-refractivity contribution in [3.05, 3.63) is 41.5 Å². The Kier molecular flexibility index (Phi) is 9.16. The number of amides is 3. The van der Waals surface area contributed by atoms with Crippen LogP contribution in [0.25, 0.3) is 5.69 Å². The molecule has 11 nitrogen and oxygen atoms in total. The molecular weight excluding hydrogens is 507 g/mol. The second-order valence-corrected chi connectivity index (χ2v) is 10.6. The van der Waals surface area contributed by atoms with Gasteiger partial charge in [0.15, 0.2) is 5.69 Å². The molecule has 0 aliphatic carbocycles. The molecule has 2 aliphatic heterocycles. The standard InChI is InChI=1S/C27H37FN6O5/c1-4-7-23-24(29-30-34(23)22-9-6-5-8-21(22)28)26(36)33(15-18(2)3)20-14-19(16-32(17-20)27(37)38)25(35)31-10-12-39-13-11-31/h5-6,8-9,18-20H,4,7,10-17H2,1-3H3,(H,37,38)/t19-,20+/m1/s1. The van der Waals surface area contributed by atoms with E-state index in [0.717, 1.165) is 0 Å². The van der Waals surface area contributed by atoms with Gasteiger partial charge in [0.2, 0.25) is 5.91 Å². The predicted molar refractivity (Wildman–Crippen MR) is 140 cm³/mol. The molecule has 0 spiro atoms. The minimum atomic E-state index is -1.13. The molecule has 212 valence electrons. The first-order valence-electron chi connectivity index (χ1n) is 13.6. The number of halogens is 1. The average Bonchev–Trinajstić information content (AvgIpc) is 3.34. The van der Waals surface area contributed by atoms with E-state index in [1.807, 2.05) is 20.8 Å². The van der Waals surface area contributed by atoms with Crippen molar-refractivity contribution in [1.29, 1.82) is 0 Å². The summed E-state index contributed by atoms with van der Waals surface area (Å²) in [6, 6.07) is 5.64. The summed E-state index contributed by atoms with van der Waals surface area (Å²) < 4.78 is 21.4. The molecule has 2 aromatic rings. The van der Waals surface area contributed by atoms with E-state index >= 15 is 0 Å². The molecule has 3 amide bonds. The molecule has 39 heavy (non-hydrogen) atoms. The Hall–Kier alpha value is -3.54. The molecule has 0 saturated carbocycles. The quantitative estimate of drug-likeness (QED) is 0.542. The predicted octanol–water partition coefficient (Wildman–Crippen LogP) is 2.68. The molecule has 0 bridgehead atoms. The molecule has 2 fully saturated rings. The molecule has 2 saturated heterocycles. The fraction of sp³-hybridized carbons (Fsp3) is 0.593. The largest absolute Gasteiger partial charge is 0.465 e. The number of benzene rings is 1. The van der Waals surface area contributed by atoms with Gasteiger partial charge in [0.25, 0.3) is 5.91 Å². The van der Waals surface area contributed by atoms with Crippen molar-refractivity contribution in [2.45, 2.75) is 46.1 Å². The van der Waals surface area contributed by atoms with Crippen molar-refractivity contribution in [3.63, 3.8) is 0 Å². The smallest absolute Gasteiger partial charge is 0.407 e. The zero-order valence-electron chi connectivity index (χ0n) is 22.8. The topological polar surface area (TPSA) is 121 Å². The van der Waals surface area contributed by atoms with Crippen LogP contribution in [0.5, 0.6) is 0 Å². The minimum Gasteiger partial charge on any atom is -0.465 e. The summed E-state index contributed by atoms with van der Waals surface area (Å²) >= 11 is 0. The number of aromatic nitrogens is 3. The molecule has 1 aromatic carbocycles. The summed E-state index contributed by atoms with van der Waals surface area (Å²) in [6.07, 6.45) is 0.331. The zero-order chi connectivity index (χ0) is 28.1. The number of hydrogen-bond donors (Lipinski definition) is 1. The van der Waals surface area contributed by atoms with Crippen LogP contribution in [-0.4, -0.2) is 105 Å². The fourth-order valence-electron chi connectivity index (χ4n) is 5.35. The van der Waals surface area contributed by atoms with Gasteiger partial charge in [-0.15, -0.1) is 5.10 Å². The molecule has 1 aromatic heterocycles. The van der Waals surface area contributed by atoms with E-state index in [0.29, 0.717) is 57.8 Å². The van der Waals surface area contributed by atoms with Crippen LogP contribution in [0.3, 0.4) is 0 Å². The van der Waals surface area contributed by atoms with Crippen molar-refractivity contribution >= 4 is 17.9 Å². The number of carbonyl (C=O) groups excluding carboxylic acids is 2. The van der Waals surface area contributed by atoms with Gasteiger partial charge in [0, 0.05) is 32.7 Å². The summed E-state index contributed by atoms with van der Waals surface area (Å²) in [5.74, 6) is -1.51. The van der Waals surface area contributed by atoms with Gasteiger partial charge in [-0.3, -0.25) is 9.59 Å². The Morgan fingerprint density at radius 1 is 1.15 bits per heavy atom. The summed E-state index contributed by atoms with van der Waals surface area (Å²) in [4.78, 5) is 44.1. The summed E-state index contributed by atoms with van der Waals surface area (Å²) in [5.41, 5.74) is 0.811. The molecule has 0 unspecified atom stereocenters. The summed E-state index contributed by atoms with van der Waals surface area (Å²) in [5, 5.41) is 18.2. The Morgan fingerprint density at radius 2 is 1.87 bits per heavy atom. The van der Waals surface area contributed by atoms with Gasteiger partial charge in [0.05, 0.1) is 30.9 Å². The lowest BCUT2D eigenvalue weighted by Crippen LogP contribution is -2.58. The van der Waals surface area contributed by atoms with Crippen molar-refractivity contribution in [1.82, 2.24) is 29.7 Å². The molecular formula is C27H37FN6O5. The first-order valence-corrected chi connectivity index (χ1v) is 13.6. The summed E-state index contributed by atoms with van der Waals surface area (Å²) in [7, 11) is 0. The first-order chi connectivity index (χ1) is 18.7. The highest BCUT2D eigenvalue weighted by atomic mass is 19.1. The number of piperidine rings is 1. The normalized spacial score (nSPS) is 19.8. The third kappa shape index (κ3) is 6.38. The number of carbonyl (C=O) groups is 3. The van der Waals surface area contributed by atoms with E-state index in [1.54, 1.807) is 28.0 Å². The van der Waals surface area contributed by atoms with Crippen molar-refractivity contribution < 1.29 is 28.6 Å². The van der Waals surface area contributed by atoms with Crippen LogP contribution in [0.4, 0.5) is 9.18 Å². The first kappa shape index (κ1) is 28.5. The van der Waals surface area contributed by atoms with E-state index in [1.165, 1.54) is 15.6 Å². The highest BCUT2D eigenvalue weighted by Gasteiger charge is 2.41. The van der Waals surface area contributed by atoms with E-state index in [-0.39, 0.29) is 36.3 Å². The second-order valence-electron chi connectivity index (χ2n) is 10.6. The van der Waals surface area contributed by atoms with Gasteiger partial charge in [-0.2, -0.15) is 0 Å². The molecule has 0 radical (unpaired) electrons. The number of likely N-dealkylation sites (tertiary alicyclic amines) is 1. The van der Waals surface area contributed by atoms with E-state index in [2.05, 4.69) is 10.3 Å². The van der Waals surface area contributed by atoms with Gasteiger partial charge in [-0.05, 0) is 30.9 Å². The monoisotopic (exact) mass is 544 g/mol. The molecule has 3 heterocycles. The van der Waals surface area contributed by atoms with E-state index in [9.17, 15) is 23.9 Å². The van der Waals surface area contributed by atoms with Crippen LogP contribution in [0, 0.1) is 17.7 Å². The Morgan fingerprint density at radius 3 is 2.51 bits per heavy atom. The maximum atomic E-state index is 14.6. The van der Waals surface area contributed by atoms with Crippen LogP contribution in [-0.2, 0) is 16.0 Å². The zero-order valence-corrected chi connectivity index (χ0v) is 22.8. The highest BCUT2D eigenvalue weighted by molar-refractivity contribution is 5.94. The molecule has 12 heteroatoms. The second kappa shape index (κ2) is 12.5. The third-order valence-corrected chi connectivity index (χ3v) is 7.17. The molecule has 2 aliphatic rings. The van der Waals surface area contributed by atoms with Gasteiger partial charge >= 0.3 is 6.09 Å². The molecule has 2 atom stereocenters. The Bertz CT molecular complexity index is 1180. The molecule has 1 N–H and O–H groups in total. The third-order valence-electron chi connectivity index (χ3n) is 7.17. The highest BCUT2D eigenvalue weighted by Crippen LogP contribution is 2.27. The lowest BCUT2D eigenvalue weighted by atomic mass is 9.91. The SMILES string of the molecule is CCCc1c(C(=O)N(CC(C)C)[C@H]2C[C@@H](C(=O)N3CCOCC3)CN(C(=O)O)C2)nnn1-c1ccccc1F. The van der Waals surface area contributed by atoms with Crippen LogP contribution in [0.2, 0.25) is 0 Å². The Balaban J connectivity index is 1.67. The number of rotatable bonds is 8. The van der Waals surface area contributed by atoms with Gasteiger partial charge in [-0.1, -0.05) is 44.5 Å². The number of para-hydroxylation sites is 1. The van der Waals surface area contributed by atoms with Crippen molar-refractivity contribution in [2.75, 3.05) is 45.9 Å².